The smallest absolute Gasteiger partial charge is 0.0876 e. The Morgan fingerprint density at radius 2 is 2.10 bits per heavy atom. The predicted octanol–water partition coefficient (Wildman–Crippen LogP) is 2.83. The Morgan fingerprint density at radius 1 is 1.25 bits per heavy atom. The van der Waals surface area contributed by atoms with Gasteiger partial charge in [0.2, 0.25) is 0 Å². The van der Waals surface area contributed by atoms with Crippen LogP contribution >= 0.6 is 0 Å². The van der Waals surface area contributed by atoms with Gasteiger partial charge in [-0.25, -0.2) is 4.68 Å². The van der Waals surface area contributed by atoms with Crippen LogP contribution in [-0.4, -0.2) is 23.4 Å². The van der Waals surface area contributed by atoms with E-state index in [-0.39, 0.29) is 6.04 Å². The topological polar surface area (TPSA) is 39.1 Å². The number of nitrogens with one attached hydrogen (secondary N) is 1. The fraction of sp³-hybridized carbons (Fsp3) is 0.312. The van der Waals surface area contributed by atoms with Gasteiger partial charge in [0.1, 0.15) is 0 Å². The molecule has 0 fully saturated rings. The lowest BCUT2D eigenvalue weighted by Gasteiger charge is -2.21. The van der Waals surface area contributed by atoms with Gasteiger partial charge in [-0.2, -0.15) is 5.10 Å². The molecule has 1 aromatic heterocycles. The number of hydrogen-bond acceptors (Lipinski definition) is 3. The average molecular weight is 269 g/mol. The van der Waals surface area contributed by atoms with E-state index in [2.05, 4.69) is 16.5 Å². The van der Waals surface area contributed by atoms with E-state index in [4.69, 9.17) is 4.74 Å². The summed E-state index contributed by atoms with van der Waals surface area (Å²) in [5.41, 5.74) is 3.35. The fourth-order valence-electron chi connectivity index (χ4n) is 2.54. The second kappa shape index (κ2) is 5.92. The molecule has 1 unspecified atom stereocenters. The van der Waals surface area contributed by atoms with Crippen molar-refractivity contribution in [1.29, 1.82) is 0 Å². The third-order valence-corrected chi connectivity index (χ3v) is 3.55. The van der Waals surface area contributed by atoms with Gasteiger partial charge in [0, 0.05) is 6.20 Å². The van der Waals surface area contributed by atoms with Crippen molar-refractivity contribution in [1.82, 2.24) is 15.1 Å². The van der Waals surface area contributed by atoms with Crippen molar-refractivity contribution in [2.75, 3.05) is 13.7 Å². The molecule has 104 valence electrons. The molecule has 1 aliphatic heterocycles. The summed E-state index contributed by atoms with van der Waals surface area (Å²) in [5, 5.41) is 8.01. The Hall–Kier alpha value is -2.07. The van der Waals surface area contributed by atoms with Gasteiger partial charge in [-0.15, -0.1) is 0 Å². The minimum absolute atomic E-state index is 0.125. The zero-order chi connectivity index (χ0) is 13.8. The highest BCUT2D eigenvalue weighted by atomic mass is 16.5. The molecule has 0 bridgehead atoms. The van der Waals surface area contributed by atoms with E-state index in [0.29, 0.717) is 0 Å². The standard InChI is InChI=1S/C16H19N3O/c1-17-16(13-6-5-11-20-12-13)15-9-10-19(18-15)14-7-3-2-4-8-14/h2-4,7-10,12,16-17H,5-6,11H2,1H3. The normalized spacial score (nSPS) is 16.4. The second-order valence-electron chi connectivity index (χ2n) is 4.91. The van der Waals surface area contributed by atoms with Crippen molar-refractivity contribution >= 4 is 0 Å². The molecule has 1 N–H and O–H groups in total. The van der Waals surface area contributed by atoms with Crippen molar-refractivity contribution in [3.63, 3.8) is 0 Å². The van der Waals surface area contributed by atoms with Crippen LogP contribution in [0.25, 0.3) is 5.69 Å². The first kappa shape index (κ1) is 12.9. The maximum absolute atomic E-state index is 5.44. The van der Waals surface area contributed by atoms with Crippen molar-refractivity contribution in [2.45, 2.75) is 18.9 Å². The quantitative estimate of drug-likeness (QED) is 0.927. The highest BCUT2D eigenvalue weighted by Crippen LogP contribution is 2.26. The summed E-state index contributed by atoms with van der Waals surface area (Å²) in [6.45, 7) is 0.818. The number of rotatable bonds is 4. The van der Waals surface area contributed by atoms with Crippen LogP contribution in [0.2, 0.25) is 0 Å². The third kappa shape index (κ3) is 2.60. The maximum Gasteiger partial charge on any atom is 0.0876 e. The van der Waals surface area contributed by atoms with Gasteiger partial charge < -0.3 is 10.1 Å². The van der Waals surface area contributed by atoms with Crippen LogP contribution in [0.4, 0.5) is 0 Å². The zero-order valence-corrected chi connectivity index (χ0v) is 11.6. The van der Waals surface area contributed by atoms with E-state index in [9.17, 15) is 0 Å². The Balaban J connectivity index is 1.86. The summed E-state index contributed by atoms with van der Waals surface area (Å²) in [6.07, 6.45) is 6.01. The number of hydrogen-bond donors (Lipinski definition) is 1. The van der Waals surface area contributed by atoms with Crippen LogP contribution in [0.1, 0.15) is 24.6 Å². The minimum atomic E-state index is 0.125. The van der Waals surface area contributed by atoms with E-state index in [0.717, 1.165) is 30.8 Å². The Morgan fingerprint density at radius 3 is 2.80 bits per heavy atom. The van der Waals surface area contributed by atoms with Crippen LogP contribution in [0, 0.1) is 0 Å². The summed E-state index contributed by atoms with van der Waals surface area (Å²) in [7, 11) is 1.96. The first-order valence-corrected chi connectivity index (χ1v) is 6.97. The van der Waals surface area contributed by atoms with E-state index in [1.807, 2.05) is 54.5 Å². The highest BCUT2D eigenvalue weighted by molar-refractivity contribution is 5.31. The molecular formula is C16H19N3O. The Kier molecular flexibility index (Phi) is 3.83. The zero-order valence-electron chi connectivity index (χ0n) is 11.6. The fourth-order valence-corrected chi connectivity index (χ4v) is 2.54. The highest BCUT2D eigenvalue weighted by Gasteiger charge is 2.19. The van der Waals surface area contributed by atoms with E-state index < -0.39 is 0 Å². The summed E-state index contributed by atoms with van der Waals surface area (Å²) in [6, 6.07) is 12.3. The molecule has 1 aliphatic rings. The first-order chi connectivity index (χ1) is 9.88. The lowest BCUT2D eigenvalue weighted by atomic mass is 10.00. The molecule has 0 saturated heterocycles. The molecule has 0 spiro atoms. The van der Waals surface area contributed by atoms with Gasteiger partial charge >= 0.3 is 0 Å². The van der Waals surface area contributed by atoms with Gasteiger partial charge in [-0.3, -0.25) is 0 Å². The predicted molar refractivity (Wildman–Crippen MR) is 78.6 cm³/mol. The molecule has 0 saturated carbocycles. The van der Waals surface area contributed by atoms with Crippen molar-refractivity contribution in [3.05, 3.63) is 60.1 Å². The molecular weight excluding hydrogens is 250 g/mol. The van der Waals surface area contributed by atoms with Crippen molar-refractivity contribution in [2.24, 2.45) is 0 Å². The van der Waals surface area contributed by atoms with Crippen LogP contribution in [0.5, 0.6) is 0 Å². The number of likely N-dealkylation sites (N-methyl/N-ethyl adjacent to an activating group) is 1. The van der Waals surface area contributed by atoms with Crippen molar-refractivity contribution < 1.29 is 4.74 Å². The summed E-state index contributed by atoms with van der Waals surface area (Å²) in [4.78, 5) is 0. The van der Waals surface area contributed by atoms with Gasteiger partial charge in [0.15, 0.2) is 0 Å². The third-order valence-electron chi connectivity index (χ3n) is 3.55. The number of benzene rings is 1. The summed E-state index contributed by atoms with van der Waals surface area (Å²) < 4.78 is 7.35. The van der Waals surface area contributed by atoms with E-state index in [1.54, 1.807) is 0 Å². The van der Waals surface area contributed by atoms with Crippen LogP contribution in [-0.2, 0) is 4.74 Å². The molecule has 20 heavy (non-hydrogen) atoms. The van der Waals surface area contributed by atoms with E-state index in [1.165, 1.54) is 5.57 Å². The van der Waals surface area contributed by atoms with Gasteiger partial charge in [0.25, 0.3) is 0 Å². The lowest BCUT2D eigenvalue weighted by Crippen LogP contribution is -2.21. The number of nitrogens with zero attached hydrogens (tertiary/aromatic N) is 2. The molecule has 1 aromatic carbocycles. The molecule has 0 radical (unpaired) electrons. The second-order valence-corrected chi connectivity index (χ2v) is 4.91. The largest absolute Gasteiger partial charge is 0.501 e. The average Bonchev–Trinajstić information content (AvgIpc) is 3.00. The number of ether oxygens (including phenoxy) is 1. The molecule has 3 rings (SSSR count). The minimum Gasteiger partial charge on any atom is -0.501 e. The molecule has 2 aromatic rings. The molecule has 1 atom stereocenters. The van der Waals surface area contributed by atoms with E-state index >= 15 is 0 Å². The molecule has 4 nitrogen and oxygen atoms in total. The molecule has 0 aliphatic carbocycles. The maximum atomic E-state index is 5.44. The lowest BCUT2D eigenvalue weighted by molar-refractivity contribution is 0.219. The van der Waals surface area contributed by atoms with Gasteiger partial charge in [-0.05, 0) is 43.7 Å². The first-order valence-electron chi connectivity index (χ1n) is 6.97. The Labute approximate surface area is 119 Å². The van der Waals surface area contributed by atoms with Crippen molar-refractivity contribution in [3.8, 4) is 5.69 Å². The van der Waals surface area contributed by atoms with Gasteiger partial charge in [-0.1, -0.05) is 18.2 Å². The number of aromatic nitrogens is 2. The molecule has 2 heterocycles. The summed E-state index contributed by atoms with van der Waals surface area (Å²) in [5.74, 6) is 0. The van der Waals surface area contributed by atoms with Crippen LogP contribution in [0.3, 0.4) is 0 Å². The molecule has 0 amide bonds. The van der Waals surface area contributed by atoms with Gasteiger partial charge in [0.05, 0.1) is 30.3 Å². The number of para-hydroxylation sites is 1. The van der Waals surface area contributed by atoms with Crippen LogP contribution in [0.15, 0.2) is 54.4 Å². The van der Waals surface area contributed by atoms with Crippen LogP contribution < -0.4 is 5.32 Å². The SMILES string of the molecule is CNC(C1=COCCC1)c1ccn(-c2ccccc2)n1. The molecule has 4 heteroatoms. The Bertz CT molecular complexity index is 589. The monoisotopic (exact) mass is 269 g/mol. The summed E-state index contributed by atoms with van der Waals surface area (Å²) >= 11 is 0.